The standard InChI is InChI=1S/C16H23N3S/c1-12-4-5-14(20-12)13(2)19-11-18-10-15(19)16(3)6-8-17-9-7-16/h4-5,10-11,13,17H,6-9H2,1-3H3. The predicted octanol–water partition coefficient (Wildman–Crippen LogP) is 3.50. The lowest BCUT2D eigenvalue weighted by Crippen LogP contribution is -2.39. The molecule has 1 aliphatic heterocycles. The summed E-state index contributed by atoms with van der Waals surface area (Å²) in [5.41, 5.74) is 1.64. The van der Waals surface area contributed by atoms with Crippen LogP contribution in [-0.4, -0.2) is 22.6 Å². The fraction of sp³-hybridized carbons (Fsp3) is 0.562. The van der Waals surface area contributed by atoms with Crippen LogP contribution in [0.4, 0.5) is 0 Å². The second-order valence-electron chi connectivity index (χ2n) is 6.12. The lowest BCUT2D eigenvalue weighted by Gasteiger charge is -2.35. The minimum atomic E-state index is 0.252. The maximum absolute atomic E-state index is 4.44. The summed E-state index contributed by atoms with van der Waals surface area (Å²) < 4.78 is 2.37. The van der Waals surface area contributed by atoms with Crippen LogP contribution in [0.3, 0.4) is 0 Å². The van der Waals surface area contributed by atoms with E-state index in [-0.39, 0.29) is 5.41 Å². The minimum absolute atomic E-state index is 0.252. The molecule has 3 nitrogen and oxygen atoms in total. The largest absolute Gasteiger partial charge is 0.326 e. The molecule has 0 bridgehead atoms. The average Bonchev–Trinajstić information content (AvgIpc) is 3.07. The van der Waals surface area contributed by atoms with Gasteiger partial charge in [0.2, 0.25) is 0 Å². The van der Waals surface area contributed by atoms with Gasteiger partial charge in [0.25, 0.3) is 0 Å². The van der Waals surface area contributed by atoms with Crippen LogP contribution in [0, 0.1) is 6.92 Å². The Bertz CT molecular complexity index is 578. The molecule has 2 aromatic heterocycles. The first kappa shape index (κ1) is 13.8. The number of hydrogen-bond acceptors (Lipinski definition) is 3. The van der Waals surface area contributed by atoms with E-state index in [4.69, 9.17) is 0 Å². The summed E-state index contributed by atoms with van der Waals surface area (Å²) in [5.74, 6) is 0. The Balaban J connectivity index is 1.93. The van der Waals surface area contributed by atoms with Crippen LogP contribution in [0.15, 0.2) is 24.7 Å². The minimum Gasteiger partial charge on any atom is -0.326 e. The number of nitrogens with zero attached hydrogens (tertiary/aromatic N) is 2. The summed E-state index contributed by atoms with van der Waals surface area (Å²) in [5, 5.41) is 3.46. The number of rotatable bonds is 3. The van der Waals surface area contributed by atoms with Crippen LogP contribution in [0.2, 0.25) is 0 Å². The first-order valence-corrected chi connectivity index (χ1v) is 8.21. The van der Waals surface area contributed by atoms with Crippen molar-refractivity contribution in [3.63, 3.8) is 0 Å². The third-order valence-electron chi connectivity index (χ3n) is 4.58. The van der Waals surface area contributed by atoms with Gasteiger partial charge in [-0.05, 0) is 51.9 Å². The Kier molecular flexibility index (Phi) is 3.69. The monoisotopic (exact) mass is 289 g/mol. The third kappa shape index (κ3) is 2.42. The van der Waals surface area contributed by atoms with Gasteiger partial charge in [-0.15, -0.1) is 11.3 Å². The van der Waals surface area contributed by atoms with Crippen LogP contribution in [0.5, 0.6) is 0 Å². The Hall–Kier alpha value is -1.13. The molecule has 0 radical (unpaired) electrons. The first-order valence-electron chi connectivity index (χ1n) is 7.39. The maximum Gasteiger partial charge on any atom is 0.0954 e. The fourth-order valence-electron chi connectivity index (χ4n) is 3.13. The number of piperidine rings is 1. The third-order valence-corrected chi connectivity index (χ3v) is 5.75. The van der Waals surface area contributed by atoms with E-state index in [1.54, 1.807) is 0 Å². The van der Waals surface area contributed by atoms with Crippen molar-refractivity contribution in [2.75, 3.05) is 13.1 Å². The van der Waals surface area contributed by atoms with Gasteiger partial charge in [-0.2, -0.15) is 0 Å². The van der Waals surface area contributed by atoms with Crippen LogP contribution >= 0.6 is 11.3 Å². The van der Waals surface area contributed by atoms with E-state index in [1.807, 2.05) is 17.7 Å². The topological polar surface area (TPSA) is 29.9 Å². The fourth-order valence-corrected chi connectivity index (χ4v) is 4.06. The predicted molar refractivity (Wildman–Crippen MR) is 84.6 cm³/mol. The van der Waals surface area contributed by atoms with Gasteiger partial charge in [0.15, 0.2) is 0 Å². The number of imidazole rings is 1. The van der Waals surface area contributed by atoms with Crippen LogP contribution in [0.25, 0.3) is 0 Å². The number of thiophene rings is 1. The summed E-state index contributed by atoms with van der Waals surface area (Å²) in [6.45, 7) is 9.04. The van der Waals surface area contributed by atoms with Crippen molar-refractivity contribution in [2.24, 2.45) is 0 Å². The van der Waals surface area contributed by atoms with Crippen LogP contribution < -0.4 is 5.32 Å². The van der Waals surface area contributed by atoms with Crippen molar-refractivity contribution in [3.05, 3.63) is 40.1 Å². The van der Waals surface area contributed by atoms with E-state index in [2.05, 4.69) is 54.0 Å². The summed E-state index contributed by atoms with van der Waals surface area (Å²) in [4.78, 5) is 7.24. The van der Waals surface area contributed by atoms with Gasteiger partial charge in [-0.3, -0.25) is 0 Å². The normalized spacial score (nSPS) is 19.9. The summed E-state index contributed by atoms with van der Waals surface area (Å²) >= 11 is 1.89. The highest BCUT2D eigenvalue weighted by molar-refractivity contribution is 7.12. The zero-order chi connectivity index (χ0) is 14.2. The molecule has 1 N–H and O–H groups in total. The van der Waals surface area contributed by atoms with Gasteiger partial charge in [-0.1, -0.05) is 6.92 Å². The van der Waals surface area contributed by atoms with E-state index in [9.17, 15) is 0 Å². The second kappa shape index (κ2) is 5.34. The Labute approximate surface area is 125 Å². The van der Waals surface area contributed by atoms with Crippen LogP contribution in [-0.2, 0) is 5.41 Å². The molecule has 0 spiro atoms. The highest BCUT2D eigenvalue weighted by atomic mass is 32.1. The molecule has 0 aromatic carbocycles. The van der Waals surface area contributed by atoms with Gasteiger partial charge in [-0.25, -0.2) is 4.98 Å². The molecule has 108 valence electrons. The molecular formula is C16H23N3S. The number of aromatic nitrogens is 2. The average molecular weight is 289 g/mol. The lowest BCUT2D eigenvalue weighted by atomic mass is 9.78. The van der Waals surface area contributed by atoms with Crippen molar-refractivity contribution >= 4 is 11.3 Å². The summed E-state index contributed by atoms with van der Waals surface area (Å²) in [6.07, 6.45) is 6.45. The lowest BCUT2D eigenvalue weighted by molar-refractivity contribution is 0.314. The smallest absolute Gasteiger partial charge is 0.0954 e. The zero-order valence-corrected chi connectivity index (χ0v) is 13.3. The Morgan fingerprint density at radius 1 is 1.35 bits per heavy atom. The van der Waals surface area contributed by atoms with E-state index in [0.717, 1.165) is 13.1 Å². The molecule has 1 unspecified atom stereocenters. The van der Waals surface area contributed by atoms with E-state index in [0.29, 0.717) is 6.04 Å². The molecular weight excluding hydrogens is 266 g/mol. The van der Waals surface area contributed by atoms with Crippen molar-refractivity contribution in [1.29, 1.82) is 0 Å². The molecule has 1 fully saturated rings. The van der Waals surface area contributed by atoms with Crippen molar-refractivity contribution < 1.29 is 0 Å². The molecule has 0 amide bonds. The van der Waals surface area contributed by atoms with Gasteiger partial charge < -0.3 is 9.88 Å². The molecule has 20 heavy (non-hydrogen) atoms. The SMILES string of the molecule is Cc1ccc(C(C)n2cncc2C2(C)CCNCC2)s1. The Morgan fingerprint density at radius 3 is 2.75 bits per heavy atom. The summed E-state index contributed by atoms with van der Waals surface area (Å²) in [6, 6.07) is 4.83. The van der Waals surface area contributed by atoms with E-state index < -0.39 is 0 Å². The van der Waals surface area contributed by atoms with E-state index in [1.165, 1.54) is 28.3 Å². The zero-order valence-electron chi connectivity index (χ0n) is 12.5. The molecule has 4 heteroatoms. The van der Waals surface area contributed by atoms with Crippen molar-refractivity contribution in [2.45, 2.75) is 45.1 Å². The molecule has 0 saturated carbocycles. The molecule has 1 saturated heterocycles. The van der Waals surface area contributed by atoms with Gasteiger partial charge >= 0.3 is 0 Å². The van der Waals surface area contributed by atoms with Crippen molar-refractivity contribution in [3.8, 4) is 0 Å². The quantitative estimate of drug-likeness (QED) is 0.937. The maximum atomic E-state index is 4.44. The molecule has 0 aliphatic carbocycles. The molecule has 1 aliphatic rings. The summed E-state index contributed by atoms with van der Waals surface area (Å²) in [7, 11) is 0. The highest BCUT2D eigenvalue weighted by Crippen LogP contribution is 2.36. The Morgan fingerprint density at radius 2 is 2.10 bits per heavy atom. The van der Waals surface area contributed by atoms with Gasteiger partial charge in [0.05, 0.1) is 12.4 Å². The number of hydrogen-bond donors (Lipinski definition) is 1. The molecule has 2 aromatic rings. The highest BCUT2D eigenvalue weighted by Gasteiger charge is 2.32. The van der Waals surface area contributed by atoms with Crippen LogP contribution in [0.1, 0.15) is 48.2 Å². The van der Waals surface area contributed by atoms with Gasteiger partial charge in [0, 0.05) is 27.1 Å². The van der Waals surface area contributed by atoms with Crippen molar-refractivity contribution in [1.82, 2.24) is 14.9 Å². The molecule has 1 atom stereocenters. The molecule has 3 heterocycles. The number of aryl methyl sites for hydroxylation is 1. The number of nitrogens with one attached hydrogen (secondary N) is 1. The second-order valence-corrected chi connectivity index (χ2v) is 7.44. The van der Waals surface area contributed by atoms with Gasteiger partial charge in [0.1, 0.15) is 0 Å². The molecule has 3 rings (SSSR count). The van der Waals surface area contributed by atoms with E-state index >= 15 is 0 Å². The first-order chi connectivity index (χ1) is 9.60.